The average Bonchev–Trinajstić information content (AvgIpc) is 3.28. The predicted octanol–water partition coefficient (Wildman–Crippen LogP) is 17.9. The predicted molar refractivity (Wildman–Crippen MR) is 284 cm³/mol. The standard InChI is InChI=1S/C57H112NO7P/c1-6-8-10-12-14-16-18-20-22-24-26-27-28-29-30-31-32-33-35-37-39-41-43-45-47-49-52-62-54-56(55-64-66(60,61)63-53-51-58(3,4)5)65-57(59)50-48-46-44-42-40-38-36-34-25-23-21-19-17-15-13-11-9-7-2/h23-26,56H,6-22,27-55H2,1-5H3/p+1/b25-23-,26-24-. The first-order valence-electron chi connectivity index (χ1n) is 28.6. The topological polar surface area (TPSA) is 91.3 Å². The van der Waals surface area contributed by atoms with E-state index in [4.69, 9.17) is 18.5 Å². The second-order valence-corrected chi connectivity index (χ2v) is 22.1. The number of hydrogen-bond acceptors (Lipinski definition) is 6. The summed E-state index contributed by atoms with van der Waals surface area (Å²) < 4.78 is 35.2. The van der Waals surface area contributed by atoms with E-state index in [1.807, 2.05) is 21.1 Å². The second kappa shape index (κ2) is 50.4. The van der Waals surface area contributed by atoms with E-state index in [-0.39, 0.29) is 25.8 Å². The minimum Gasteiger partial charge on any atom is -0.457 e. The highest BCUT2D eigenvalue weighted by molar-refractivity contribution is 7.47. The number of carbonyl (C=O) groups excluding carboxylic acids is 1. The van der Waals surface area contributed by atoms with Gasteiger partial charge >= 0.3 is 13.8 Å². The molecule has 1 N–H and O–H groups in total. The van der Waals surface area contributed by atoms with E-state index in [1.54, 1.807) is 0 Å². The summed E-state index contributed by atoms with van der Waals surface area (Å²) in [6, 6.07) is 0. The van der Waals surface area contributed by atoms with Crippen LogP contribution in [0.4, 0.5) is 0 Å². The number of esters is 1. The minimum atomic E-state index is -4.28. The van der Waals surface area contributed by atoms with E-state index in [9.17, 15) is 14.3 Å². The van der Waals surface area contributed by atoms with Gasteiger partial charge in [0, 0.05) is 13.0 Å². The highest BCUT2D eigenvalue weighted by Gasteiger charge is 2.26. The number of quaternary nitrogens is 1. The Bertz CT molecular complexity index is 1110. The van der Waals surface area contributed by atoms with Gasteiger partial charge in [-0.2, -0.15) is 0 Å². The van der Waals surface area contributed by atoms with Crippen LogP contribution in [0, 0.1) is 0 Å². The number of rotatable bonds is 54. The molecule has 0 aromatic rings. The van der Waals surface area contributed by atoms with Crippen molar-refractivity contribution in [2.24, 2.45) is 0 Å². The molecular weight excluding hydrogens is 842 g/mol. The molecule has 0 heterocycles. The number of likely N-dealkylation sites (N-methyl/N-ethyl adjacent to an activating group) is 1. The van der Waals surface area contributed by atoms with Crippen molar-refractivity contribution in [2.45, 2.75) is 283 Å². The Kier molecular flexibility index (Phi) is 49.6. The molecule has 0 bridgehead atoms. The lowest BCUT2D eigenvalue weighted by atomic mass is 10.0. The monoisotopic (exact) mass is 955 g/mol. The van der Waals surface area contributed by atoms with Gasteiger partial charge in [0.2, 0.25) is 0 Å². The molecule has 0 aliphatic rings. The van der Waals surface area contributed by atoms with Crippen LogP contribution in [0.25, 0.3) is 0 Å². The summed E-state index contributed by atoms with van der Waals surface area (Å²) in [6.07, 6.45) is 61.0. The number of nitrogens with zero attached hydrogens (tertiary/aromatic N) is 1. The first kappa shape index (κ1) is 65.0. The third kappa shape index (κ3) is 53.9. The van der Waals surface area contributed by atoms with Gasteiger partial charge in [0.1, 0.15) is 19.3 Å². The van der Waals surface area contributed by atoms with Gasteiger partial charge in [-0.15, -0.1) is 0 Å². The van der Waals surface area contributed by atoms with Gasteiger partial charge in [0.05, 0.1) is 34.4 Å². The van der Waals surface area contributed by atoms with Gasteiger partial charge in [-0.3, -0.25) is 13.8 Å². The van der Waals surface area contributed by atoms with E-state index in [0.29, 0.717) is 24.1 Å². The van der Waals surface area contributed by atoms with Crippen LogP contribution >= 0.6 is 7.82 Å². The van der Waals surface area contributed by atoms with Crippen molar-refractivity contribution in [1.29, 1.82) is 0 Å². The zero-order valence-corrected chi connectivity index (χ0v) is 45.6. The molecule has 2 atom stereocenters. The molecule has 0 aliphatic carbocycles. The second-order valence-electron chi connectivity index (χ2n) is 20.7. The molecule has 0 amide bonds. The number of hydrogen-bond donors (Lipinski definition) is 1. The molecule has 0 saturated heterocycles. The molecular formula is C57H113NO7P+. The summed E-state index contributed by atoms with van der Waals surface area (Å²) in [6.45, 7) is 5.67. The van der Waals surface area contributed by atoms with Crippen molar-refractivity contribution >= 4 is 13.8 Å². The molecule has 0 radical (unpaired) electrons. The molecule has 0 saturated carbocycles. The normalized spacial score (nSPS) is 13.6. The van der Waals surface area contributed by atoms with Gasteiger partial charge < -0.3 is 18.9 Å². The fourth-order valence-electron chi connectivity index (χ4n) is 8.31. The van der Waals surface area contributed by atoms with Crippen molar-refractivity contribution in [2.75, 3.05) is 54.1 Å². The van der Waals surface area contributed by atoms with Crippen molar-refractivity contribution in [3.63, 3.8) is 0 Å². The van der Waals surface area contributed by atoms with Crippen LogP contribution < -0.4 is 0 Å². The number of phosphoric ester groups is 1. The van der Waals surface area contributed by atoms with Crippen LogP contribution in [-0.4, -0.2) is 75.6 Å². The van der Waals surface area contributed by atoms with Gasteiger partial charge in [0.25, 0.3) is 0 Å². The summed E-state index contributed by atoms with van der Waals surface area (Å²) in [5, 5.41) is 0. The summed E-state index contributed by atoms with van der Waals surface area (Å²) in [7, 11) is 1.68. The fraction of sp³-hybridized carbons (Fsp3) is 0.912. The maximum atomic E-state index is 12.8. The van der Waals surface area contributed by atoms with Crippen LogP contribution in [0.1, 0.15) is 277 Å². The van der Waals surface area contributed by atoms with Crippen molar-refractivity contribution in [3.05, 3.63) is 24.3 Å². The zero-order valence-electron chi connectivity index (χ0n) is 44.7. The maximum absolute atomic E-state index is 12.8. The van der Waals surface area contributed by atoms with Crippen LogP contribution in [0.3, 0.4) is 0 Å². The van der Waals surface area contributed by atoms with Crippen LogP contribution in [0.2, 0.25) is 0 Å². The maximum Gasteiger partial charge on any atom is 0.472 e. The van der Waals surface area contributed by atoms with E-state index >= 15 is 0 Å². The highest BCUT2D eigenvalue weighted by atomic mass is 31.2. The van der Waals surface area contributed by atoms with Crippen LogP contribution in [-0.2, 0) is 27.9 Å². The lowest BCUT2D eigenvalue weighted by Gasteiger charge is -2.24. The quantitative estimate of drug-likeness (QED) is 0.0213. The third-order valence-electron chi connectivity index (χ3n) is 12.7. The molecule has 2 unspecified atom stereocenters. The minimum absolute atomic E-state index is 0.0900. The lowest BCUT2D eigenvalue weighted by molar-refractivity contribution is -0.870. The number of unbranched alkanes of at least 4 members (excludes halogenated alkanes) is 36. The fourth-order valence-corrected chi connectivity index (χ4v) is 9.05. The Morgan fingerprint density at radius 3 is 1.15 bits per heavy atom. The van der Waals surface area contributed by atoms with Crippen molar-refractivity contribution in [3.8, 4) is 0 Å². The Hall–Kier alpha value is -1.02. The van der Waals surface area contributed by atoms with Gasteiger partial charge in [0.15, 0.2) is 0 Å². The molecule has 392 valence electrons. The summed E-state index contributed by atoms with van der Waals surface area (Å²) in [5.74, 6) is -0.313. The molecule has 9 heteroatoms. The van der Waals surface area contributed by atoms with Crippen molar-refractivity contribution < 1.29 is 37.3 Å². The molecule has 0 rings (SSSR count). The van der Waals surface area contributed by atoms with Gasteiger partial charge in [-0.25, -0.2) is 4.57 Å². The largest absolute Gasteiger partial charge is 0.472 e. The summed E-state index contributed by atoms with van der Waals surface area (Å²) in [4.78, 5) is 23.0. The summed E-state index contributed by atoms with van der Waals surface area (Å²) in [5.41, 5.74) is 0. The van der Waals surface area contributed by atoms with E-state index in [1.165, 1.54) is 225 Å². The molecule has 66 heavy (non-hydrogen) atoms. The molecule has 0 aromatic carbocycles. The van der Waals surface area contributed by atoms with Gasteiger partial charge in [-0.1, -0.05) is 231 Å². The molecule has 0 aromatic heterocycles. The Morgan fingerprint density at radius 1 is 0.455 bits per heavy atom. The zero-order chi connectivity index (χ0) is 48.3. The highest BCUT2D eigenvalue weighted by Crippen LogP contribution is 2.43. The Morgan fingerprint density at radius 2 is 0.788 bits per heavy atom. The number of phosphoric acid groups is 1. The Balaban J connectivity index is 4.03. The average molecular weight is 956 g/mol. The van der Waals surface area contributed by atoms with Crippen LogP contribution in [0.5, 0.6) is 0 Å². The molecule has 0 fully saturated rings. The van der Waals surface area contributed by atoms with E-state index in [0.717, 1.165) is 32.1 Å². The Labute approximate surface area is 411 Å². The van der Waals surface area contributed by atoms with E-state index in [2.05, 4.69) is 38.2 Å². The van der Waals surface area contributed by atoms with Gasteiger partial charge in [-0.05, 0) is 64.2 Å². The molecule has 0 spiro atoms. The number of carbonyl (C=O) groups is 1. The molecule has 0 aliphatic heterocycles. The SMILES string of the molecule is CCCCCCCCC/C=C\CCCCCCCCCC(=O)OC(COCCCCCCCCCCCCCCCC/C=C\CCCCCCCCCC)COP(=O)(O)OCC[N+](C)(C)C. The third-order valence-corrected chi connectivity index (χ3v) is 13.7. The number of allylic oxidation sites excluding steroid dienone is 4. The first-order valence-corrected chi connectivity index (χ1v) is 30.1. The van der Waals surface area contributed by atoms with E-state index < -0.39 is 13.9 Å². The molecule has 8 nitrogen and oxygen atoms in total. The van der Waals surface area contributed by atoms with Crippen LogP contribution in [0.15, 0.2) is 24.3 Å². The van der Waals surface area contributed by atoms with Crippen molar-refractivity contribution in [1.82, 2.24) is 0 Å². The lowest BCUT2D eigenvalue weighted by Crippen LogP contribution is -2.37. The smallest absolute Gasteiger partial charge is 0.457 e. The first-order chi connectivity index (χ1) is 32.1. The number of ether oxygens (including phenoxy) is 2. The summed E-state index contributed by atoms with van der Waals surface area (Å²) >= 11 is 0.